The molecule has 2 N–H and O–H groups in total. The number of aryl methyl sites for hydroxylation is 1. The molecule has 0 radical (unpaired) electrons. The number of carbonyl (C=O) groups is 1. The molecule has 2 aliphatic rings. The van der Waals surface area contributed by atoms with E-state index in [0.29, 0.717) is 36.5 Å². The minimum atomic E-state index is -0.725. The number of halogens is 1. The molecular formula is C25H31ClO3. The van der Waals surface area contributed by atoms with Gasteiger partial charge in [0.15, 0.2) is 0 Å². The van der Waals surface area contributed by atoms with Crippen molar-refractivity contribution in [3.63, 3.8) is 0 Å². The third-order valence-corrected chi connectivity index (χ3v) is 6.47. The number of benzene rings is 1. The zero-order valence-electron chi connectivity index (χ0n) is 16.8. The first-order valence-electron chi connectivity index (χ1n) is 10.7. The van der Waals surface area contributed by atoms with E-state index in [1.165, 1.54) is 12.0 Å². The zero-order valence-corrected chi connectivity index (χ0v) is 17.5. The molecule has 29 heavy (non-hydrogen) atoms. The molecule has 0 aromatic heterocycles. The first kappa shape index (κ1) is 21.9. The number of hydrogen-bond acceptors (Lipinski definition) is 2. The molecule has 2 aliphatic carbocycles. The second kappa shape index (κ2) is 10.8. The van der Waals surface area contributed by atoms with Crippen LogP contribution in [0.2, 0.25) is 5.02 Å². The Balaban J connectivity index is 1.47. The molecule has 3 nitrogen and oxygen atoms in total. The zero-order chi connectivity index (χ0) is 20.6. The van der Waals surface area contributed by atoms with Crippen LogP contribution in [0.4, 0.5) is 0 Å². The summed E-state index contributed by atoms with van der Waals surface area (Å²) in [5, 5.41) is 19.8. The fraction of sp³-hybridized carbons (Fsp3) is 0.480. The highest BCUT2D eigenvalue weighted by Crippen LogP contribution is 2.50. The fourth-order valence-corrected chi connectivity index (χ4v) is 4.77. The minimum absolute atomic E-state index is 0.237. The van der Waals surface area contributed by atoms with Crippen molar-refractivity contribution in [2.75, 3.05) is 0 Å². The van der Waals surface area contributed by atoms with Gasteiger partial charge in [-0.2, -0.15) is 0 Å². The molecule has 0 aliphatic heterocycles. The topological polar surface area (TPSA) is 57.5 Å². The number of carboxylic acid groups (broad SMARTS) is 1. The van der Waals surface area contributed by atoms with Gasteiger partial charge >= 0.3 is 5.97 Å². The van der Waals surface area contributed by atoms with Gasteiger partial charge in [-0.15, -0.1) is 0 Å². The van der Waals surface area contributed by atoms with Crippen molar-refractivity contribution in [2.45, 2.75) is 51.0 Å². The largest absolute Gasteiger partial charge is 0.481 e. The van der Waals surface area contributed by atoms with Gasteiger partial charge in [0.25, 0.3) is 0 Å². The van der Waals surface area contributed by atoms with Gasteiger partial charge in [-0.1, -0.05) is 60.2 Å². The quantitative estimate of drug-likeness (QED) is 0.354. The Bertz CT molecular complexity index is 750. The summed E-state index contributed by atoms with van der Waals surface area (Å²) in [5.41, 5.74) is 1.19. The minimum Gasteiger partial charge on any atom is -0.481 e. The first-order valence-corrected chi connectivity index (χ1v) is 11.1. The Kier molecular flexibility index (Phi) is 8.14. The summed E-state index contributed by atoms with van der Waals surface area (Å²) < 4.78 is 0. The molecule has 1 aromatic carbocycles. The van der Waals surface area contributed by atoms with Gasteiger partial charge in [0, 0.05) is 11.4 Å². The predicted molar refractivity (Wildman–Crippen MR) is 118 cm³/mol. The maximum Gasteiger partial charge on any atom is 0.303 e. The maximum atomic E-state index is 10.6. The molecular weight excluding hydrogens is 384 g/mol. The van der Waals surface area contributed by atoms with Crippen LogP contribution < -0.4 is 0 Å². The normalized spacial score (nSPS) is 26.7. The average Bonchev–Trinajstić information content (AvgIpc) is 3.30. The highest BCUT2D eigenvalue weighted by molar-refractivity contribution is 6.30. The SMILES string of the molecule is O=C(O)CCC/C=C\C[C@H]1C2C=CC(C2)[C@@H]1/C=C/[C@H](O)CCc1ccc(Cl)cc1. The van der Waals surface area contributed by atoms with Gasteiger partial charge < -0.3 is 10.2 Å². The van der Waals surface area contributed by atoms with Crippen molar-refractivity contribution < 1.29 is 15.0 Å². The lowest BCUT2D eigenvalue weighted by Gasteiger charge is -2.25. The lowest BCUT2D eigenvalue weighted by atomic mass is 9.80. The molecule has 0 saturated heterocycles. The van der Waals surface area contributed by atoms with Gasteiger partial charge in [0.05, 0.1) is 6.10 Å². The van der Waals surface area contributed by atoms with Crippen molar-refractivity contribution >= 4 is 17.6 Å². The van der Waals surface area contributed by atoms with Crippen LogP contribution in [0.15, 0.2) is 60.7 Å². The van der Waals surface area contributed by atoms with Gasteiger partial charge in [0.1, 0.15) is 0 Å². The molecule has 3 rings (SSSR count). The van der Waals surface area contributed by atoms with Gasteiger partial charge in [0.2, 0.25) is 0 Å². The number of allylic oxidation sites excluding steroid dienone is 5. The van der Waals surface area contributed by atoms with Crippen molar-refractivity contribution in [1.82, 2.24) is 0 Å². The van der Waals surface area contributed by atoms with E-state index in [9.17, 15) is 9.90 Å². The monoisotopic (exact) mass is 414 g/mol. The highest BCUT2D eigenvalue weighted by Gasteiger charge is 2.42. The molecule has 5 atom stereocenters. The number of aliphatic hydroxyl groups excluding tert-OH is 1. The molecule has 0 heterocycles. The molecule has 2 unspecified atom stereocenters. The van der Waals surface area contributed by atoms with Gasteiger partial charge in [-0.25, -0.2) is 0 Å². The second-order valence-corrected chi connectivity index (χ2v) is 8.74. The van der Waals surface area contributed by atoms with E-state index in [4.69, 9.17) is 16.7 Å². The van der Waals surface area contributed by atoms with Crippen molar-refractivity contribution in [3.05, 3.63) is 71.3 Å². The van der Waals surface area contributed by atoms with E-state index in [1.807, 2.05) is 30.3 Å². The molecule has 0 spiro atoms. The molecule has 1 fully saturated rings. The molecule has 2 bridgehead atoms. The van der Waals surface area contributed by atoms with E-state index in [0.717, 1.165) is 24.3 Å². The van der Waals surface area contributed by atoms with Crippen molar-refractivity contribution in [3.8, 4) is 0 Å². The molecule has 4 heteroatoms. The van der Waals surface area contributed by atoms with Crippen LogP contribution >= 0.6 is 11.6 Å². The van der Waals surface area contributed by atoms with E-state index in [-0.39, 0.29) is 6.42 Å². The fourth-order valence-electron chi connectivity index (χ4n) is 4.64. The van der Waals surface area contributed by atoms with Crippen LogP contribution in [-0.2, 0) is 11.2 Å². The van der Waals surface area contributed by atoms with Crippen LogP contribution in [0.5, 0.6) is 0 Å². The lowest BCUT2D eigenvalue weighted by molar-refractivity contribution is -0.137. The summed E-state index contributed by atoms with van der Waals surface area (Å²) in [6.45, 7) is 0. The molecule has 0 amide bonds. The number of unbranched alkanes of at least 4 members (excludes halogenated alkanes) is 1. The summed E-state index contributed by atoms with van der Waals surface area (Å²) in [7, 11) is 0. The van der Waals surface area contributed by atoms with E-state index in [2.05, 4.69) is 30.4 Å². The number of aliphatic hydroxyl groups is 1. The van der Waals surface area contributed by atoms with E-state index < -0.39 is 12.1 Å². The van der Waals surface area contributed by atoms with Crippen LogP contribution in [0.1, 0.15) is 44.1 Å². The number of fused-ring (bicyclic) bond motifs is 2. The Hall–Kier alpha value is -1.84. The van der Waals surface area contributed by atoms with Crippen LogP contribution in [0.3, 0.4) is 0 Å². The summed E-state index contributed by atoms with van der Waals surface area (Å²) in [5.74, 6) is 1.56. The van der Waals surface area contributed by atoms with Crippen molar-refractivity contribution in [1.29, 1.82) is 0 Å². The Morgan fingerprint density at radius 2 is 1.93 bits per heavy atom. The summed E-state index contributed by atoms with van der Waals surface area (Å²) in [4.78, 5) is 10.6. The second-order valence-electron chi connectivity index (χ2n) is 8.30. The standard InChI is InChI=1S/C25H31ClO3/c26-21-12-7-18(8-13-21)9-14-22(27)15-16-24-20-11-10-19(17-20)23(24)5-3-1-2-4-6-25(28)29/h1,3,7-8,10-13,15-16,19-20,22-24,27H,2,4-6,9,14,17H2,(H,28,29)/b3-1-,16-15+/t19?,20?,22-,23+,24+/m1/s1. The van der Waals surface area contributed by atoms with Crippen LogP contribution in [0.25, 0.3) is 0 Å². The molecule has 1 saturated carbocycles. The summed E-state index contributed by atoms with van der Waals surface area (Å²) in [6.07, 6.45) is 18.4. The third-order valence-electron chi connectivity index (χ3n) is 6.22. The number of aliphatic carboxylic acids is 1. The first-order chi connectivity index (χ1) is 14.0. The molecule has 1 aromatic rings. The van der Waals surface area contributed by atoms with Gasteiger partial charge in [-0.05, 0) is 79.9 Å². The van der Waals surface area contributed by atoms with Crippen molar-refractivity contribution in [2.24, 2.45) is 23.7 Å². The van der Waals surface area contributed by atoms with Crippen LogP contribution in [0, 0.1) is 23.7 Å². The Morgan fingerprint density at radius 3 is 2.69 bits per heavy atom. The molecule has 156 valence electrons. The summed E-state index contributed by atoms with van der Waals surface area (Å²) in [6, 6.07) is 7.80. The predicted octanol–water partition coefficient (Wildman–Crippen LogP) is 5.83. The lowest BCUT2D eigenvalue weighted by Crippen LogP contribution is -2.18. The average molecular weight is 415 g/mol. The Labute approximate surface area is 178 Å². The summed E-state index contributed by atoms with van der Waals surface area (Å²) >= 11 is 5.92. The van der Waals surface area contributed by atoms with Crippen LogP contribution in [-0.4, -0.2) is 22.3 Å². The Morgan fingerprint density at radius 1 is 1.17 bits per heavy atom. The number of carboxylic acids is 1. The van der Waals surface area contributed by atoms with Gasteiger partial charge in [-0.3, -0.25) is 4.79 Å². The van der Waals surface area contributed by atoms with E-state index in [1.54, 1.807) is 0 Å². The maximum absolute atomic E-state index is 10.6. The highest BCUT2D eigenvalue weighted by atomic mass is 35.5. The third kappa shape index (κ3) is 6.58. The number of hydrogen-bond donors (Lipinski definition) is 2. The van der Waals surface area contributed by atoms with E-state index >= 15 is 0 Å². The smallest absolute Gasteiger partial charge is 0.303 e. The number of rotatable bonds is 11.